The van der Waals surface area contributed by atoms with Crippen LogP contribution in [0.25, 0.3) is 10.9 Å². The largest absolute Gasteiger partial charge is 0.380 e. The number of rotatable bonds is 2. The first-order valence-corrected chi connectivity index (χ1v) is 5.38. The fourth-order valence-electron chi connectivity index (χ4n) is 1.40. The van der Waals surface area contributed by atoms with Gasteiger partial charge in [0.15, 0.2) is 6.10 Å². The summed E-state index contributed by atoms with van der Waals surface area (Å²) in [6.07, 6.45) is -1.95. The molecule has 2 aromatic rings. The molecule has 84 valence electrons. The van der Waals surface area contributed by atoms with E-state index < -0.39 is 10.9 Å². The minimum absolute atomic E-state index is 0.0550. The Hall–Kier alpha value is -1.07. The van der Waals surface area contributed by atoms with E-state index in [1.165, 1.54) is 6.07 Å². The van der Waals surface area contributed by atoms with Gasteiger partial charge in [-0.25, -0.2) is 4.98 Å². The Morgan fingerprint density at radius 1 is 1.19 bits per heavy atom. The number of aliphatic hydroxyl groups is 1. The Kier molecular flexibility index (Phi) is 2.90. The number of hydrogen-bond donors (Lipinski definition) is 1. The van der Waals surface area contributed by atoms with Gasteiger partial charge in [-0.15, -0.1) is 0 Å². The lowest BCUT2D eigenvalue weighted by molar-refractivity contribution is -0.0315. The second-order valence-corrected chi connectivity index (χ2v) is 4.43. The van der Waals surface area contributed by atoms with E-state index in [2.05, 4.69) is 20.9 Å². The van der Waals surface area contributed by atoms with E-state index in [0.29, 0.717) is 5.52 Å². The van der Waals surface area contributed by atoms with Gasteiger partial charge >= 0.3 is 4.83 Å². The van der Waals surface area contributed by atoms with Crippen LogP contribution in [0.1, 0.15) is 11.8 Å². The molecule has 0 fully saturated rings. The first kappa shape index (κ1) is 11.4. The average Bonchev–Trinajstić information content (AvgIpc) is 2.26. The van der Waals surface area contributed by atoms with Crippen LogP contribution in [0.15, 0.2) is 36.4 Å². The van der Waals surface area contributed by atoms with Crippen molar-refractivity contribution in [1.82, 2.24) is 4.98 Å². The molecule has 0 aliphatic carbocycles. The number of halogens is 3. The summed E-state index contributed by atoms with van der Waals surface area (Å²) in [5.41, 5.74) is 0.524. The highest BCUT2D eigenvalue weighted by Crippen LogP contribution is 2.36. The van der Waals surface area contributed by atoms with Crippen LogP contribution in [-0.2, 0) is 0 Å². The Balaban J connectivity index is 2.47. The zero-order valence-corrected chi connectivity index (χ0v) is 9.66. The number of nitrogens with zero attached hydrogens (tertiary/aromatic N) is 1. The van der Waals surface area contributed by atoms with Crippen molar-refractivity contribution in [2.75, 3.05) is 0 Å². The molecule has 1 unspecified atom stereocenters. The van der Waals surface area contributed by atoms with Crippen LogP contribution < -0.4 is 0 Å². The molecular weight excluding hydrogens is 280 g/mol. The molecule has 0 saturated heterocycles. The normalized spacial score (nSPS) is 14.0. The van der Waals surface area contributed by atoms with Crippen molar-refractivity contribution >= 4 is 26.8 Å². The lowest BCUT2D eigenvalue weighted by atomic mass is 10.1. The summed E-state index contributed by atoms with van der Waals surface area (Å²) in [6.45, 7) is 0. The summed E-state index contributed by atoms with van der Waals surface area (Å²) >= 11 is 2.12. The number of hydrogen-bond acceptors (Lipinski definition) is 2. The Bertz CT molecular complexity index is 513. The zero-order valence-electron chi connectivity index (χ0n) is 8.07. The van der Waals surface area contributed by atoms with Crippen LogP contribution in [0.4, 0.5) is 8.78 Å². The van der Waals surface area contributed by atoms with Crippen LogP contribution in [-0.4, -0.2) is 14.9 Å². The summed E-state index contributed by atoms with van der Waals surface area (Å²) in [5.74, 6) is 0. The van der Waals surface area contributed by atoms with E-state index in [0.717, 1.165) is 5.39 Å². The Morgan fingerprint density at radius 2 is 1.88 bits per heavy atom. The van der Waals surface area contributed by atoms with Gasteiger partial charge < -0.3 is 5.11 Å². The van der Waals surface area contributed by atoms with Crippen molar-refractivity contribution in [3.8, 4) is 0 Å². The number of pyridine rings is 1. The summed E-state index contributed by atoms with van der Waals surface area (Å²) in [5, 5.41) is 10.2. The fourth-order valence-corrected chi connectivity index (χ4v) is 1.64. The number of aliphatic hydroxyl groups excluding tert-OH is 1. The molecule has 0 amide bonds. The molecule has 0 bridgehead atoms. The highest BCUT2D eigenvalue weighted by Gasteiger charge is 2.37. The number of alkyl halides is 3. The van der Waals surface area contributed by atoms with Gasteiger partial charge in [0.1, 0.15) is 0 Å². The van der Waals surface area contributed by atoms with Crippen LogP contribution in [0.5, 0.6) is 0 Å². The van der Waals surface area contributed by atoms with Crippen LogP contribution >= 0.6 is 15.9 Å². The number of para-hydroxylation sites is 1. The van der Waals surface area contributed by atoms with Gasteiger partial charge in [-0.1, -0.05) is 24.3 Å². The second-order valence-electron chi connectivity index (χ2n) is 3.37. The smallest absolute Gasteiger partial charge is 0.332 e. The molecule has 0 aliphatic rings. The Labute approximate surface area is 99.1 Å². The van der Waals surface area contributed by atoms with E-state index in [9.17, 15) is 13.9 Å². The van der Waals surface area contributed by atoms with Crippen molar-refractivity contribution in [3.05, 3.63) is 42.1 Å². The van der Waals surface area contributed by atoms with E-state index in [1.54, 1.807) is 18.2 Å². The van der Waals surface area contributed by atoms with E-state index in [1.807, 2.05) is 12.1 Å². The maximum atomic E-state index is 12.8. The van der Waals surface area contributed by atoms with Gasteiger partial charge in [-0.3, -0.25) is 0 Å². The molecule has 0 aliphatic heterocycles. The van der Waals surface area contributed by atoms with E-state index in [-0.39, 0.29) is 5.69 Å². The third-order valence-corrected chi connectivity index (χ3v) is 2.64. The molecule has 0 spiro atoms. The summed E-state index contributed by atoms with van der Waals surface area (Å²) in [6, 6.07) is 10.2. The predicted molar refractivity (Wildman–Crippen MR) is 60.6 cm³/mol. The van der Waals surface area contributed by atoms with Crippen LogP contribution in [0, 0.1) is 0 Å². The Morgan fingerprint density at radius 3 is 2.56 bits per heavy atom. The van der Waals surface area contributed by atoms with Crippen LogP contribution in [0.2, 0.25) is 0 Å². The molecule has 1 N–H and O–H groups in total. The molecule has 2 rings (SSSR count). The van der Waals surface area contributed by atoms with Crippen molar-refractivity contribution in [1.29, 1.82) is 0 Å². The molecule has 1 aromatic heterocycles. The van der Waals surface area contributed by atoms with Crippen molar-refractivity contribution < 1.29 is 13.9 Å². The molecule has 1 heterocycles. The monoisotopic (exact) mass is 287 g/mol. The first-order valence-electron chi connectivity index (χ1n) is 4.59. The zero-order chi connectivity index (χ0) is 11.8. The van der Waals surface area contributed by atoms with Gasteiger partial charge in [-0.05, 0) is 28.1 Å². The highest BCUT2D eigenvalue weighted by molar-refractivity contribution is 9.10. The van der Waals surface area contributed by atoms with E-state index >= 15 is 0 Å². The van der Waals surface area contributed by atoms with Gasteiger partial charge in [0.25, 0.3) is 0 Å². The fraction of sp³-hybridized carbons (Fsp3) is 0.182. The van der Waals surface area contributed by atoms with Gasteiger partial charge in [0.05, 0.1) is 11.2 Å². The highest BCUT2D eigenvalue weighted by atomic mass is 79.9. The van der Waals surface area contributed by atoms with Crippen molar-refractivity contribution in [2.24, 2.45) is 0 Å². The van der Waals surface area contributed by atoms with E-state index in [4.69, 9.17) is 0 Å². The second kappa shape index (κ2) is 4.07. The lowest BCUT2D eigenvalue weighted by Gasteiger charge is -2.15. The van der Waals surface area contributed by atoms with Gasteiger partial charge in [-0.2, -0.15) is 8.78 Å². The van der Waals surface area contributed by atoms with Crippen molar-refractivity contribution in [3.63, 3.8) is 0 Å². The maximum Gasteiger partial charge on any atom is 0.332 e. The minimum atomic E-state index is -3.37. The molecular formula is C11H8BrF2NO. The number of benzene rings is 1. The lowest BCUT2D eigenvalue weighted by Crippen LogP contribution is -2.19. The SMILES string of the molecule is OC(c1ccc2ccccc2n1)C(F)(F)Br. The first-order chi connectivity index (χ1) is 7.48. The molecule has 16 heavy (non-hydrogen) atoms. The molecule has 5 heteroatoms. The maximum absolute atomic E-state index is 12.8. The minimum Gasteiger partial charge on any atom is -0.380 e. The molecule has 0 radical (unpaired) electrons. The topological polar surface area (TPSA) is 33.1 Å². The van der Waals surface area contributed by atoms with Crippen molar-refractivity contribution in [2.45, 2.75) is 10.9 Å². The third kappa shape index (κ3) is 2.20. The molecule has 0 saturated carbocycles. The predicted octanol–water partition coefficient (Wildman–Crippen LogP) is 3.26. The van der Waals surface area contributed by atoms with Gasteiger partial charge in [0, 0.05) is 5.39 Å². The quantitative estimate of drug-likeness (QED) is 0.860. The molecule has 2 nitrogen and oxygen atoms in total. The summed E-state index contributed by atoms with van der Waals surface area (Å²) < 4.78 is 25.7. The number of fused-ring (bicyclic) bond motifs is 1. The van der Waals surface area contributed by atoms with Gasteiger partial charge in [0.2, 0.25) is 0 Å². The molecule has 1 aromatic carbocycles. The molecule has 1 atom stereocenters. The standard InChI is InChI=1S/C11H8BrF2NO/c12-11(13,14)10(16)9-6-5-7-3-1-2-4-8(7)15-9/h1-6,10,16H. The number of aromatic nitrogens is 1. The third-order valence-electron chi connectivity index (χ3n) is 2.21. The summed E-state index contributed by atoms with van der Waals surface area (Å²) in [7, 11) is 0. The average molecular weight is 288 g/mol. The summed E-state index contributed by atoms with van der Waals surface area (Å²) in [4.78, 5) is 0.609. The van der Waals surface area contributed by atoms with Crippen LogP contribution in [0.3, 0.4) is 0 Å².